The molecule has 0 aromatic heterocycles. The minimum atomic E-state index is -0.377. The van der Waals surface area contributed by atoms with E-state index in [2.05, 4.69) is 10.6 Å². The summed E-state index contributed by atoms with van der Waals surface area (Å²) in [6.07, 6.45) is 0.219. The first kappa shape index (κ1) is 19.8. The lowest BCUT2D eigenvalue weighted by molar-refractivity contribution is -0.117. The number of carbonyl (C=O) groups is 2. The van der Waals surface area contributed by atoms with Gasteiger partial charge in [0.2, 0.25) is 5.91 Å². The minimum Gasteiger partial charge on any atom is -0.493 e. The number of hydrogen-bond donors (Lipinski definition) is 2. The van der Waals surface area contributed by atoms with Crippen LogP contribution in [-0.4, -0.2) is 38.7 Å². The van der Waals surface area contributed by atoms with Crippen LogP contribution in [0.3, 0.4) is 0 Å². The van der Waals surface area contributed by atoms with Crippen LogP contribution in [0.5, 0.6) is 11.5 Å². The normalized spacial score (nSPS) is 16.1. The molecule has 0 aliphatic carbocycles. The number of amides is 3. The van der Waals surface area contributed by atoms with Crippen LogP contribution in [0.25, 0.3) is 0 Å². The van der Waals surface area contributed by atoms with Crippen molar-refractivity contribution in [3.8, 4) is 11.5 Å². The van der Waals surface area contributed by atoms with Crippen molar-refractivity contribution in [1.82, 2.24) is 5.32 Å². The van der Waals surface area contributed by atoms with E-state index >= 15 is 0 Å². The van der Waals surface area contributed by atoms with Crippen molar-refractivity contribution < 1.29 is 19.1 Å². The molecule has 1 atom stereocenters. The quantitative estimate of drug-likeness (QED) is 0.799. The second-order valence-electron chi connectivity index (χ2n) is 6.46. The van der Waals surface area contributed by atoms with Crippen LogP contribution in [0.4, 0.5) is 16.2 Å². The van der Waals surface area contributed by atoms with Crippen molar-refractivity contribution in [2.45, 2.75) is 19.4 Å². The summed E-state index contributed by atoms with van der Waals surface area (Å²) in [7, 11) is 3.10. The molecule has 8 heteroatoms. The lowest BCUT2D eigenvalue weighted by Gasteiger charge is -2.19. The second-order valence-corrected chi connectivity index (χ2v) is 6.86. The molecule has 3 rings (SSSR count). The Morgan fingerprint density at radius 1 is 1.18 bits per heavy atom. The summed E-state index contributed by atoms with van der Waals surface area (Å²) < 4.78 is 10.5. The van der Waals surface area contributed by atoms with Gasteiger partial charge in [0, 0.05) is 35.4 Å². The third kappa shape index (κ3) is 4.14. The Labute approximate surface area is 168 Å². The van der Waals surface area contributed by atoms with Crippen molar-refractivity contribution in [2.24, 2.45) is 0 Å². The molecule has 0 saturated carbocycles. The third-order valence-electron chi connectivity index (χ3n) is 4.65. The summed E-state index contributed by atoms with van der Waals surface area (Å²) in [5.74, 6) is 1.05. The molecule has 0 bridgehead atoms. The van der Waals surface area contributed by atoms with Gasteiger partial charge in [-0.3, -0.25) is 4.79 Å². The predicted molar refractivity (Wildman–Crippen MR) is 109 cm³/mol. The Morgan fingerprint density at radius 2 is 1.93 bits per heavy atom. The maximum Gasteiger partial charge on any atom is 0.319 e. The van der Waals surface area contributed by atoms with Gasteiger partial charge in [-0.2, -0.15) is 0 Å². The molecule has 3 amide bonds. The van der Waals surface area contributed by atoms with Crippen LogP contribution in [0.1, 0.15) is 12.0 Å². The Morgan fingerprint density at radius 3 is 2.64 bits per heavy atom. The summed E-state index contributed by atoms with van der Waals surface area (Å²) in [6.45, 7) is 2.20. The van der Waals surface area contributed by atoms with E-state index in [0.717, 1.165) is 5.56 Å². The number of urea groups is 1. The van der Waals surface area contributed by atoms with Crippen molar-refractivity contribution in [1.29, 1.82) is 0 Å². The average Bonchev–Trinajstić information content (AvgIpc) is 3.04. The molecule has 0 radical (unpaired) electrons. The van der Waals surface area contributed by atoms with Gasteiger partial charge in [0.05, 0.1) is 20.3 Å². The molecule has 1 aliphatic rings. The number of rotatable bonds is 5. The highest BCUT2D eigenvalue weighted by atomic mass is 35.5. The van der Waals surface area contributed by atoms with Gasteiger partial charge in [0.15, 0.2) is 11.5 Å². The van der Waals surface area contributed by atoms with E-state index in [1.165, 1.54) is 0 Å². The fourth-order valence-electron chi connectivity index (χ4n) is 3.13. The maximum absolute atomic E-state index is 12.4. The zero-order valence-corrected chi connectivity index (χ0v) is 16.7. The Balaban J connectivity index is 1.66. The summed E-state index contributed by atoms with van der Waals surface area (Å²) in [4.78, 5) is 26.4. The number of benzene rings is 2. The topological polar surface area (TPSA) is 79.9 Å². The van der Waals surface area contributed by atoms with Crippen LogP contribution < -0.4 is 25.0 Å². The van der Waals surface area contributed by atoms with Crippen LogP contribution in [-0.2, 0) is 4.79 Å². The van der Waals surface area contributed by atoms with Crippen LogP contribution in [0.2, 0.25) is 5.02 Å². The highest BCUT2D eigenvalue weighted by Gasteiger charge is 2.32. The fraction of sp³-hybridized carbons (Fsp3) is 0.300. The fourth-order valence-corrected chi connectivity index (χ4v) is 3.31. The van der Waals surface area contributed by atoms with E-state index < -0.39 is 0 Å². The summed E-state index contributed by atoms with van der Waals surface area (Å²) in [6, 6.07) is 9.90. The zero-order valence-electron chi connectivity index (χ0n) is 15.9. The number of ether oxygens (including phenoxy) is 2. The van der Waals surface area contributed by atoms with E-state index in [9.17, 15) is 9.59 Å². The lowest BCUT2D eigenvalue weighted by Crippen LogP contribution is -2.39. The predicted octanol–water partition coefficient (Wildman–Crippen LogP) is 3.59. The average molecular weight is 404 g/mol. The highest BCUT2D eigenvalue weighted by molar-refractivity contribution is 6.31. The molecule has 148 valence electrons. The minimum absolute atomic E-state index is 0.0727. The number of nitrogens with one attached hydrogen (secondary N) is 2. The van der Waals surface area contributed by atoms with Gasteiger partial charge < -0.3 is 25.0 Å². The van der Waals surface area contributed by atoms with Crippen LogP contribution >= 0.6 is 11.6 Å². The molecular weight excluding hydrogens is 382 g/mol. The van der Waals surface area contributed by atoms with E-state index in [-0.39, 0.29) is 24.4 Å². The Hall–Kier alpha value is -2.93. The van der Waals surface area contributed by atoms with Crippen molar-refractivity contribution >= 4 is 34.9 Å². The first-order valence-corrected chi connectivity index (χ1v) is 9.15. The van der Waals surface area contributed by atoms with Gasteiger partial charge in [-0.15, -0.1) is 0 Å². The number of hydrogen-bond acceptors (Lipinski definition) is 4. The highest BCUT2D eigenvalue weighted by Crippen LogP contribution is 2.33. The standard InChI is InChI=1S/C20H22ClN3O4/c1-12-15(21)5-4-6-16(12)23-20(26)22-13-9-19(25)24(11-13)14-7-8-17(27-2)18(10-14)28-3/h4-8,10,13H,9,11H2,1-3H3,(H2,22,23,26)/t13-/m1/s1. The Kier molecular flexibility index (Phi) is 5.94. The van der Waals surface area contributed by atoms with Gasteiger partial charge in [-0.25, -0.2) is 4.79 Å². The SMILES string of the molecule is COc1ccc(N2C[C@H](NC(=O)Nc3cccc(Cl)c3C)CC2=O)cc1OC. The first-order chi connectivity index (χ1) is 13.4. The molecule has 28 heavy (non-hydrogen) atoms. The van der Waals surface area contributed by atoms with Gasteiger partial charge in [-0.1, -0.05) is 17.7 Å². The smallest absolute Gasteiger partial charge is 0.319 e. The van der Waals surface area contributed by atoms with E-state index in [1.54, 1.807) is 55.5 Å². The van der Waals surface area contributed by atoms with E-state index in [1.807, 2.05) is 6.92 Å². The molecule has 2 aromatic rings. The van der Waals surface area contributed by atoms with E-state index in [0.29, 0.717) is 34.4 Å². The van der Waals surface area contributed by atoms with E-state index in [4.69, 9.17) is 21.1 Å². The van der Waals surface area contributed by atoms with Gasteiger partial charge in [0.25, 0.3) is 0 Å². The van der Waals surface area contributed by atoms with Crippen LogP contribution in [0, 0.1) is 6.92 Å². The summed E-state index contributed by atoms with van der Waals surface area (Å²) in [5, 5.41) is 6.20. The maximum atomic E-state index is 12.4. The molecule has 0 unspecified atom stereocenters. The molecule has 2 aromatic carbocycles. The summed E-state index contributed by atoms with van der Waals surface area (Å²) >= 11 is 6.08. The molecule has 2 N–H and O–H groups in total. The van der Waals surface area contributed by atoms with Gasteiger partial charge >= 0.3 is 6.03 Å². The molecule has 1 heterocycles. The molecule has 1 saturated heterocycles. The van der Waals surface area contributed by atoms with Crippen molar-refractivity contribution in [2.75, 3.05) is 31.0 Å². The third-order valence-corrected chi connectivity index (χ3v) is 5.06. The Bertz CT molecular complexity index is 903. The van der Waals surface area contributed by atoms with Gasteiger partial charge in [-0.05, 0) is 36.8 Å². The molecule has 1 aliphatic heterocycles. The van der Waals surface area contributed by atoms with Gasteiger partial charge in [0.1, 0.15) is 0 Å². The number of nitrogens with zero attached hydrogens (tertiary/aromatic N) is 1. The lowest BCUT2D eigenvalue weighted by atomic mass is 10.2. The van der Waals surface area contributed by atoms with Crippen molar-refractivity contribution in [3.63, 3.8) is 0 Å². The zero-order chi connectivity index (χ0) is 20.3. The number of halogens is 1. The number of carbonyl (C=O) groups excluding carboxylic acids is 2. The van der Waals surface area contributed by atoms with Crippen molar-refractivity contribution in [3.05, 3.63) is 47.0 Å². The molecular formula is C20H22ClN3O4. The largest absolute Gasteiger partial charge is 0.493 e. The molecule has 7 nitrogen and oxygen atoms in total. The molecule has 1 fully saturated rings. The number of methoxy groups -OCH3 is 2. The second kappa shape index (κ2) is 8.39. The molecule has 0 spiro atoms. The summed E-state index contributed by atoms with van der Waals surface area (Å²) in [5.41, 5.74) is 2.11. The first-order valence-electron chi connectivity index (χ1n) is 8.78. The number of anilines is 2. The van der Waals surface area contributed by atoms with Crippen LogP contribution in [0.15, 0.2) is 36.4 Å². The monoisotopic (exact) mass is 403 g/mol.